The molecule has 0 amide bonds. The second-order valence-corrected chi connectivity index (χ2v) is 5.93. The van der Waals surface area contributed by atoms with E-state index in [4.69, 9.17) is 9.73 Å². The Labute approximate surface area is 140 Å². The normalized spacial score (nSPS) is 18.3. The number of aliphatic imine (C=N–C) groups is 1. The Morgan fingerprint density at radius 1 is 1.30 bits per heavy atom. The molecule has 0 bridgehead atoms. The summed E-state index contributed by atoms with van der Waals surface area (Å²) >= 11 is 0. The van der Waals surface area contributed by atoms with Gasteiger partial charge in [-0.05, 0) is 37.8 Å². The van der Waals surface area contributed by atoms with Crippen molar-refractivity contribution in [1.82, 2.24) is 10.6 Å². The molecule has 5 heteroatoms. The third-order valence-electron chi connectivity index (χ3n) is 4.08. The maximum absolute atomic E-state index is 5.07. The van der Waals surface area contributed by atoms with E-state index in [0.29, 0.717) is 5.92 Å². The highest BCUT2D eigenvalue weighted by atomic mass is 16.5. The van der Waals surface area contributed by atoms with E-state index in [2.05, 4.69) is 52.8 Å². The third-order valence-corrected chi connectivity index (χ3v) is 4.08. The van der Waals surface area contributed by atoms with Gasteiger partial charge in [-0.25, -0.2) is 0 Å². The highest BCUT2D eigenvalue weighted by Crippen LogP contribution is 2.23. The predicted octanol–water partition coefficient (Wildman–Crippen LogP) is 2.10. The quantitative estimate of drug-likeness (QED) is 0.438. The van der Waals surface area contributed by atoms with Gasteiger partial charge in [-0.3, -0.25) is 4.99 Å². The van der Waals surface area contributed by atoms with Crippen LogP contribution in [0.3, 0.4) is 0 Å². The summed E-state index contributed by atoms with van der Waals surface area (Å²) in [5.74, 6) is 1.55. The van der Waals surface area contributed by atoms with E-state index in [-0.39, 0.29) is 0 Å². The van der Waals surface area contributed by atoms with Crippen LogP contribution >= 0.6 is 0 Å². The van der Waals surface area contributed by atoms with Gasteiger partial charge in [-0.15, -0.1) is 0 Å². The predicted molar refractivity (Wildman–Crippen MR) is 97.2 cm³/mol. The second kappa shape index (κ2) is 10.1. The standard InChI is InChI=1S/C18H30N4O/c1-3-19-18(20-11-7-13-23-2)21-14-16-10-12-22(15-16)17-8-5-4-6-9-17/h4-6,8-9,16H,3,7,10-15H2,1-2H3,(H2,19,20,21). The number of methoxy groups -OCH3 is 1. The molecule has 1 saturated heterocycles. The number of benzene rings is 1. The van der Waals surface area contributed by atoms with Gasteiger partial charge in [0.2, 0.25) is 0 Å². The van der Waals surface area contributed by atoms with Crippen molar-refractivity contribution in [2.45, 2.75) is 19.8 Å². The van der Waals surface area contributed by atoms with Crippen molar-refractivity contribution in [3.63, 3.8) is 0 Å². The minimum absolute atomic E-state index is 0.629. The Morgan fingerprint density at radius 2 is 2.13 bits per heavy atom. The molecule has 1 fully saturated rings. The summed E-state index contributed by atoms with van der Waals surface area (Å²) in [6.07, 6.45) is 2.20. The molecule has 0 aliphatic carbocycles. The minimum atomic E-state index is 0.629. The minimum Gasteiger partial charge on any atom is -0.385 e. The van der Waals surface area contributed by atoms with Gasteiger partial charge in [-0.2, -0.15) is 0 Å². The van der Waals surface area contributed by atoms with Crippen LogP contribution in [0.4, 0.5) is 5.69 Å². The number of hydrogen-bond acceptors (Lipinski definition) is 3. The van der Waals surface area contributed by atoms with Crippen LogP contribution in [0.2, 0.25) is 0 Å². The van der Waals surface area contributed by atoms with Crippen molar-refractivity contribution in [3.05, 3.63) is 30.3 Å². The van der Waals surface area contributed by atoms with Gasteiger partial charge in [0.15, 0.2) is 5.96 Å². The van der Waals surface area contributed by atoms with Gasteiger partial charge >= 0.3 is 0 Å². The van der Waals surface area contributed by atoms with Crippen molar-refractivity contribution in [3.8, 4) is 0 Å². The zero-order valence-electron chi connectivity index (χ0n) is 14.4. The van der Waals surface area contributed by atoms with Crippen molar-refractivity contribution >= 4 is 11.6 Å². The molecule has 128 valence electrons. The Morgan fingerprint density at radius 3 is 2.87 bits per heavy atom. The summed E-state index contributed by atoms with van der Waals surface area (Å²) in [6.45, 7) is 7.75. The lowest BCUT2D eigenvalue weighted by atomic mass is 10.1. The molecule has 1 heterocycles. The number of nitrogens with zero attached hydrogens (tertiary/aromatic N) is 2. The first kappa shape index (κ1) is 17.6. The van der Waals surface area contributed by atoms with Crippen molar-refractivity contribution < 1.29 is 4.74 Å². The molecule has 1 aliphatic heterocycles. The summed E-state index contributed by atoms with van der Waals surface area (Å²) in [6, 6.07) is 10.7. The highest BCUT2D eigenvalue weighted by molar-refractivity contribution is 5.79. The molecular formula is C18H30N4O. The molecule has 0 aromatic heterocycles. The molecule has 2 rings (SSSR count). The van der Waals surface area contributed by atoms with Crippen LogP contribution < -0.4 is 15.5 Å². The number of para-hydroxylation sites is 1. The van der Waals surface area contributed by atoms with Crippen LogP contribution in [0.25, 0.3) is 0 Å². The summed E-state index contributed by atoms with van der Waals surface area (Å²) in [5, 5.41) is 6.68. The average molecular weight is 318 g/mol. The number of guanidine groups is 1. The van der Waals surface area contributed by atoms with Crippen LogP contribution in [0.1, 0.15) is 19.8 Å². The Bertz CT molecular complexity index is 463. The van der Waals surface area contributed by atoms with Crippen LogP contribution in [0.15, 0.2) is 35.3 Å². The van der Waals surface area contributed by atoms with E-state index in [1.165, 1.54) is 12.1 Å². The smallest absolute Gasteiger partial charge is 0.191 e. The second-order valence-electron chi connectivity index (χ2n) is 5.93. The Hall–Kier alpha value is -1.75. The van der Waals surface area contributed by atoms with Crippen LogP contribution in [0.5, 0.6) is 0 Å². The fraction of sp³-hybridized carbons (Fsp3) is 0.611. The molecule has 0 spiro atoms. The van der Waals surface area contributed by atoms with Gasteiger partial charge in [0, 0.05) is 52.1 Å². The summed E-state index contributed by atoms with van der Waals surface area (Å²) < 4.78 is 5.07. The first-order valence-corrected chi connectivity index (χ1v) is 8.64. The zero-order valence-corrected chi connectivity index (χ0v) is 14.4. The van der Waals surface area contributed by atoms with Crippen molar-refractivity contribution in [2.75, 3.05) is 51.3 Å². The van der Waals surface area contributed by atoms with Crippen molar-refractivity contribution in [1.29, 1.82) is 0 Å². The molecule has 5 nitrogen and oxygen atoms in total. The third kappa shape index (κ3) is 6.10. The lowest BCUT2D eigenvalue weighted by Gasteiger charge is -2.18. The first-order valence-electron chi connectivity index (χ1n) is 8.64. The van der Waals surface area contributed by atoms with E-state index in [9.17, 15) is 0 Å². The molecule has 23 heavy (non-hydrogen) atoms. The SMILES string of the molecule is CCNC(=NCC1CCN(c2ccccc2)C1)NCCCOC. The Kier molecular flexibility index (Phi) is 7.73. The van der Waals surface area contributed by atoms with Crippen LogP contribution in [-0.2, 0) is 4.74 Å². The summed E-state index contributed by atoms with van der Waals surface area (Å²) in [5.41, 5.74) is 1.32. The monoisotopic (exact) mass is 318 g/mol. The van der Waals surface area contributed by atoms with E-state index >= 15 is 0 Å². The van der Waals surface area contributed by atoms with Gasteiger partial charge in [0.25, 0.3) is 0 Å². The summed E-state index contributed by atoms with van der Waals surface area (Å²) in [7, 11) is 1.73. The van der Waals surface area contributed by atoms with Crippen molar-refractivity contribution in [2.24, 2.45) is 10.9 Å². The van der Waals surface area contributed by atoms with E-state index in [1.54, 1.807) is 7.11 Å². The molecule has 1 aliphatic rings. The number of ether oxygens (including phenoxy) is 1. The number of nitrogens with one attached hydrogen (secondary N) is 2. The highest BCUT2D eigenvalue weighted by Gasteiger charge is 2.22. The molecule has 1 atom stereocenters. The topological polar surface area (TPSA) is 48.9 Å². The maximum Gasteiger partial charge on any atom is 0.191 e. The molecular weight excluding hydrogens is 288 g/mol. The van der Waals surface area contributed by atoms with Crippen LogP contribution in [0, 0.1) is 5.92 Å². The fourth-order valence-electron chi connectivity index (χ4n) is 2.84. The maximum atomic E-state index is 5.07. The van der Waals surface area contributed by atoms with Gasteiger partial charge in [0.1, 0.15) is 0 Å². The average Bonchev–Trinajstić information content (AvgIpc) is 3.06. The molecule has 1 aromatic carbocycles. The number of hydrogen-bond donors (Lipinski definition) is 2. The molecule has 0 saturated carbocycles. The number of anilines is 1. The molecule has 1 aromatic rings. The van der Waals surface area contributed by atoms with Gasteiger partial charge in [-0.1, -0.05) is 18.2 Å². The van der Waals surface area contributed by atoms with Gasteiger partial charge < -0.3 is 20.3 Å². The fourth-order valence-corrected chi connectivity index (χ4v) is 2.84. The van der Waals surface area contributed by atoms with E-state index in [0.717, 1.165) is 51.7 Å². The summed E-state index contributed by atoms with van der Waals surface area (Å²) in [4.78, 5) is 7.21. The largest absolute Gasteiger partial charge is 0.385 e. The molecule has 0 radical (unpaired) electrons. The van der Waals surface area contributed by atoms with E-state index in [1.807, 2.05) is 0 Å². The Balaban J connectivity index is 1.78. The molecule has 2 N–H and O–H groups in total. The lowest BCUT2D eigenvalue weighted by Crippen LogP contribution is -2.38. The zero-order chi connectivity index (χ0) is 16.3. The number of rotatable bonds is 8. The lowest BCUT2D eigenvalue weighted by molar-refractivity contribution is 0.195. The van der Waals surface area contributed by atoms with E-state index < -0.39 is 0 Å². The van der Waals surface area contributed by atoms with Gasteiger partial charge in [0.05, 0.1) is 0 Å². The van der Waals surface area contributed by atoms with Crippen LogP contribution in [-0.4, -0.2) is 52.4 Å². The molecule has 1 unspecified atom stereocenters. The first-order chi connectivity index (χ1) is 11.3.